The topological polar surface area (TPSA) is 12.0 Å². The van der Waals surface area contributed by atoms with E-state index in [1.807, 2.05) is 11.3 Å². The van der Waals surface area contributed by atoms with E-state index >= 15 is 0 Å². The summed E-state index contributed by atoms with van der Waals surface area (Å²) in [7, 11) is 0. The van der Waals surface area contributed by atoms with Gasteiger partial charge in [0.25, 0.3) is 0 Å². The van der Waals surface area contributed by atoms with Crippen molar-refractivity contribution in [1.29, 1.82) is 0 Å². The van der Waals surface area contributed by atoms with Crippen LogP contribution in [0.25, 0.3) is 10.1 Å². The summed E-state index contributed by atoms with van der Waals surface area (Å²) in [5, 5.41) is 5.12. The van der Waals surface area contributed by atoms with Crippen LogP contribution in [-0.4, -0.2) is 6.04 Å². The fraction of sp³-hybridized carbons (Fsp3) is 0.500. The van der Waals surface area contributed by atoms with Crippen LogP contribution in [0.1, 0.15) is 50.1 Å². The summed E-state index contributed by atoms with van der Waals surface area (Å²) in [6.07, 6.45) is 2.49. The molecule has 2 aromatic rings. The zero-order chi connectivity index (χ0) is 13.1. The molecule has 1 aromatic carbocycles. The van der Waals surface area contributed by atoms with Gasteiger partial charge in [-0.3, -0.25) is 0 Å². The molecule has 2 heteroatoms. The summed E-state index contributed by atoms with van der Waals surface area (Å²) in [5.74, 6) is 0. The Kier molecular flexibility index (Phi) is 4.41. The molecule has 0 aliphatic rings. The Labute approximate surface area is 114 Å². The van der Waals surface area contributed by atoms with Crippen LogP contribution in [0.3, 0.4) is 0 Å². The first-order valence-corrected chi connectivity index (χ1v) is 7.69. The van der Waals surface area contributed by atoms with Gasteiger partial charge in [0.15, 0.2) is 0 Å². The van der Waals surface area contributed by atoms with Gasteiger partial charge in [0.05, 0.1) is 0 Å². The van der Waals surface area contributed by atoms with Crippen molar-refractivity contribution in [2.24, 2.45) is 0 Å². The van der Waals surface area contributed by atoms with Crippen molar-refractivity contribution in [1.82, 2.24) is 5.32 Å². The van der Waals surface area contributed by atoms with Crippen molar-refractivity contribution in [3.63, 3.8) is 0 Å². The second-order valence-electron chi connectivity index (χ2n) is 5.17. The van der Waals surface area contributed by atoms with Crippen LogP contribution in [0.2, 0.25) is 0 Å². The zero-order valence-electron chi connectivity index (χ0n) is 11.8. The van der Waals surface area contributed by atoms with Gasteiger partial charge < -0.3 is 5.32 Å². The smallest absolute Gasteiger partial charge is 0.0391 e. The van der Waals surface area contributed by atoms with E-state index in [-0.39, 0.29) is 0 Å². The molecule has 2 rings (SSSR count). The van der Waals surface area contributed by atoms with Gasteiger partial charge in [-0.15, -0.1) is 11.3 Å². The maximum atomic E-state index is 3.71. The number of thiophene rings is 1. The van der Waals surface area contributed by atoms with Crippen LogP contribution >= 0.6 is 11.3 Å². The molecule has 2 atom stereocenters. The Bertz CT molecular complexity index is 515. The minimum Gasteiger partial charge on any atom is -0.307 e. The summed E-state index contributed by atoms with van der Waals surface area (Å²) in [5.41, 5.74) is 1.44. The Balaban J connectivity index is 2.22. The number of fused-ring (bicyclic) bond motifs is 1. The molecule has 0 amide bonds. The van der Waals surface area contributed by atoms with Gasteiger partial charge in [-0.1, -0.05) is 31.5 Å². The van der Waals surface area contributed by atoms with Crippen molar-refractivity contribution in [3.8, 4) is 0 Å². The third kappa shape index (κ3) is 2.76. The first-order chi connectivity index (χ1) is 8.63. The van der Waals surface area contributed by atoms with Crippen LogP contribution in [0.15, 0.2) is 24.3 Å². The highest BCUT2D eigenvalue weighted by molar-refractivity contribution is 7.19. The molecule has 2 unspecified atom stereocenters. The molecular formula is C16H23NS. The summed E-state index contributed by atoms with van der Waals surface area (Å²) < 4.78 is 1.40. The van der Waals surface area contributed by atoms with E-state index < -0.39 is 0 Å². The number of aryl methyl sites for hydroxylation is 1. The molecule has 0 aliphatic carbocycles. The quantitative estimate of drug-likeness (QED) is 0.794. The fourth-order valence-electron chi connectivity index (χ4n) is 2.63. The molecular weight excluding hydrogens is 238 g/mol. The Morgan fingerprint density at radius 2 is 1.94 bits per heavy atom. The third-order valence-electron chi connectivity index (χ3n) is 3.53. The molecule has 0 radical (unpaired) electrons. The van der Waals surface area contributed by atoms with Crippen LogP contribution in [0.4, 0.5) is 0 Å². The maximum absolute atomic E-state index is 3.71. The highest BCUT2D eigenvalue weighted by atomic mass is 32.1. The SMILES string of the molecule is CCCC(C)NC(C)c1sc2ccccc2c1C. The predicted octanol–water partition coefficient (Wildman–Crippen LogP) is 5.05. The van der Waals surface area contributed by atoms with Gasteiger partial charge >= 0.3 is 0 Å². The lowest BCUT2D eigenvalue weighted by Gasteiger charge is -2.19. The minimum atomic E-state index is 0.448. The molecule has 0 saturated heterocycles. The van der Waals surface area contributed by atoms with Gasteiger partial charge in [-0.2, -0.15) is 0 Å². The molecule has 0 saturated carbocycles. The Morgan fingerprint density at radius 3 is 2.61 bits per heavy atom. The van der Waals surface area contributed by atoms with E-state index in [1.54, 1.807) is 0 Å². The van der Waals surface area contributed by atoms with Crippen LogP contribution in [0.5, 0.6) is 0 Å². The molecule has 0 fully saturated rings. The lowest BCUT2D eigenvalue weighted by molar-refractivity contribution is 0.456. The van der Waals surface area contributed by atoms with Crippen molar-refractivity contribution in [3.05, 3.63) is 34.7 Å². The maximum Gasteiger partial charge on any atom is 0.0391 e. The van der Waals surface area contributed by atoms with Crippen LogP contribution < -0.4 is 5.32 Å². The molecule has 18 heavy (non-hydrogen) atoms. The lowest BCUT2D eigenvalue weighted by Crippen LogP contribution is -2.28. The first kappa shape index (κ1) is 13.6. The van der Waals surface area contributed by atoms with Gasteiger partial charge in [-0.05, 0) is 44.2 Å². The molecule has 1 aromatic heterocycles. The van der Waals surface area contributed by atoms with Gasteiger partial charge in [-0.25, -0.2) is 0 Å². The van der Waals surface area contributed by atoms with Crippen molar-refractivity contribution in [2.75, 3.05) is 0 Å². The summed E-state index contributed by atoms with van der Waals surface area (Å²) in [6, 6.07) is 9.74. The van der Waals surface area contributed by atoms with Gasteiger partial charge in [0.2, 0.25) is 0 Å². The number of nitrogens with one attached hydrogen (secondary N) is 1. The normalized spacial score (nSPS) is 14.9. The first-order valence-electron chi connectivity index (χ1n) is 6.87. The summed E-state index contributed by atoms with van der Waals surface area (Å²) in [6.45, 7) is 9.05. The van der Waals surface area contributed by atoms with Crippen LogP contribution in [-0.2, 0) is 0 Å². The average molecular weight is 261 g/mol. The fourth-order valence-corrected chi connectivity index (χ4v) is 3.85. The average Bonchev–Trinajstić information content (AvgIpc) is 2.68. The van der Waals surface area contributed by atoms with Crippen LogP contribution in [0, 0.1) is 6.92 Å². The molecule has 0 spiro atoms. The molecule has 1 N–H and O–H groups in total. The zero-order valence-corrected chi connectivity index (χ0v) is 12.6. The Morgan fingerprint density at radius 1 is 1.22 bits per heavy atom. The number of hydrogen-bond donors (Lipinski definition) is 1. The highest BCUT2D eigenvalue weighted by Gasteiger charge is 2.15. The monoisotopic (exact) mass is 261 g/mol. The third-order valence-corrected chi connectivity index (χ3v) is 4.99. The summed E-state index contributed by atoms with van der Waals surface area (Å²) in [4.78, 5) is 1.49. The Hall–Kier alpha value is -0.860. The number of rotatable bonds is 5. The standard InChI is InChI=1S/C16H23NS/c1-5-8-11(2)17-13(4)16-12(3)14-9-6-7-10-15(14)18-16/h6-7,9-11,13,17H,5,8H2,1-4H3. The second-order valence-corrected chi connectivity index (χ2v) is 6.25. The largest absolute Gasteiger partial charge is 0.307 e. The second kappa shape index (κ2) is 5.85. The van der Waals surface area contributed by atoms with E-state index in [9.17, 15) is 0 Å². The van der Waals surface area contributed by atoms with Gasteiger partial charge in [0.1, 0.15) is 0 Å². The molecule has 0 aliphatic heterocycles. The van der Waals surface area contributed by atoms with E-state index in [0.717, 1.165) is 0 Å². The highest BCUT2D eigenvalue weighted by Crippen LogP contribution is 2.34. The molecule has 1 nitrogen and oxygen atoms in total. The minimum absolute atomic E-state index is 0.448. The van der Waals surface area contributed by atoms with E-state index in [0.29, 0.717) is 12.1 Å². The van der Waals surface area contributed by atoms with E-state index in [2.05, 4.69) is 57.3 Å². The molecule has 98 valence electrons. The van der Waals surface area contributed by atoms with E-state index in [4.69, 9.17) is 0 Å². The van der Waals surface area contributed by atoms with Crippen molar-refractivity contribution >= 4 is 21.4 Å². The molecule has 0 bridgehead atoms. The molecule has 1 heterocycles. The lowest BCUT2D eigenvalue weighted by atomic mass is 10.1. The van der Waals surface area contributed by atoms with Crippen molar-refractivity contribution < 1.29 is 0 Å². The number of benzene rings is 1. The van der Waals surface area contributed by atoms with E-state index in [1.165, 1.54) is 33.4 Å². The summed E-state index contributed by atoms with van der Waals surface area (Å²) >= 11 is 1.93. The van der Waals surface area contributed by atoms with Gasteiger partial charge in [0, 0.05) is 21.7 Å². The van der Waals surface area contributed by atoms with Crippen molar-refractivity contribution in [2.45, 2.75) is 52.6 Å². The number of hydrogen-bond acceptors (Lipinski definition) is 2. The predicted molar refractivity (Wildman–Crippen MR) is 82.5 cm³/mol.